The molecule has 2 aromatic rings. The number of anilines is 1. The Morgan fingerprint density at radius 3 is 2.78 bits per heavy atom. The fourth-order valence-electron chi connectivity index (χ4n) is 4.03. The largest absolute Gasteiger partial charge is 0.421 e. The molecule has 2 atom stereocenters. The monoisotopic (exact) mass is 367 g/mol. The van der Waals surface area contributed by atoms with E-state index in [4.69, 9.17) is 15.5 Å². The number of hydrogen-bond acceptors (Lipinski definition) is 7. The molecule has 0 aromatic carbocycles. The summed E-state index contributed by atoms with van der Waals surface area (Å²) in [4.78, 5) is 22.8. The van der Waals surface area contributed by atoms with Crippen molar-refractivity contribution in [2.75, 3.05) is 25.0 Å². The van der Waals surface area contributed by atoms with Crippen LogP contribution in [-0.2, 0) is 6.42 Å². The molecule has 27 heavy (non-hydrogen) atoms. The molecule has 2 unspecified atom stereocenters. The molecule has 0 bridgehead atoms. The number of aromatic amines is 1. The third-order valence-corrected chi connectivity index (χ3v) is 5.56. The maximum Gasteiger partial charge on any atom is 0.326 e. The smallest absolute Gasteiger partial charge is 0.326 e. The van der Waals surface area contributed by atoms with E-state index in [1.807, 2.05) is 0 Å². The van der Waals surface area contributed by atoms with E-state index in [1.165, 1.54) is 11.8 Å². The zero-order valence-electron chi connectivity index (χ0n) is 15.9. The number of aryl methyl sites for hydroxylation is 2. The number of nitrogens with one attached hydrogen (secondary N) is 1. The van der Waals surface area contributed by atoms with Crippen LogP contribution in [0.15, 0.2) is 21.9 Å². The molecular weight excluding hydrogens is 342 g/mol. The van der Waals surface area contributed by atoms with E-state index in [-0.39, 0.29) is 6.01 Å². The lowest BCUT2D eigenvalue weighted by Gasteiger charge is -2.21. The third-order valence-electron chi connectivity index (χ3n) is 5.56. The van der Waals surface area contributed by atoms with E-state index in [1.54, 1.807) is 13.3 Å². The molecular formula is C19H25N7O. The molecule has 2 aromatic heterocycles. The van der Waals surface area contributed by atoms with Gasteiger partial charge < -0.3 is 20.4 Å². The van der Waals surface area contributed by atoms with Gasteiger partial charge in [-0.05, 0) is 37.5 Å². The molecule has 4 rings (SSSR count). The van der Waals surface area contributed by atoms with E-state index < -0.39 is 0 Å². The van der Waals surface area contributed by atoms with Crippen molar-refractivity contribution in [3.63, 3.8) is 0 Å². The molecule has 3 N–H and O–H groups in total. The summed E-state index contributed by atoms with van der Waals surface area (Å²) in [6.45, 7) is 9.56. The van der Waals surface area contributed by atoms with Crippen molar-refractivity contribution in [1.29, 1.82) is 0 Å². The average molecular weight is 367 g/mol. The van der Waals surface area contributed by atoms with Crippen LogP contribution in [0, 0.1) is 18.8 Å². The van der Waals surface area contributed by atoms with Gasteiger partial charge in [0, 0.05) is 31.9 Å². The molecule has 8 nitrogen and oxygen atoms in total. The number of hydrogen-bond donors (Lipinski definition) is 2. The number of ether oxygens (including phenoxy) is 1. The van der Waals surface area contributed by atoms with Gasteiger partial charge in [0.25, 0.3) is 0 Å². The van der Waals surface area contributed by atoms with Gasteiger partial charge in [-0.2, -0.15) is 9.97 Å². The van der Waals surface area contributed by atoms with Gasteiger partial charge >= 0.3 is 6.01 Å². The summed E-state index contributed by atoms with van der Waals surface area (Å²) in [6, 6.07) is 0.600. The van der Waals surface area contributed by atoms with E-state index in [0.717, 1.165) is 42.1 Å². The van der Waals surface area contributed by atoms with Gasteiger partial charge in [0.2, 0.25) is 0 Å². The van der Waals surface area contributed by atoms with Gasteiger partial charge in [-0.15, -0.1) is 0 Å². The van der Waals surface area contributed by atoms with Crippen LogP contribution in [0.3, 0.4) is 0 Å². The second-order valence-electron chi connectivity index (χ2n) is 7.15. The third kappa shape index (κ3) is 2.99. The van der Waals surface area contributed by atoms with E-state index in [2.05, 4.69) is 45.4 Å². The number of rotatable bonds is 6. The standard InChI is InChI=1S/C19H25N7O/c1-5-14-10(2)15-17(23-14)24-19(27-11(6-21-3)7-22-4)25-18(15)26-8-12-13(9-26)16(12)20/h6-7,12-13,16H,3,5,8-9,20H2,1-2,4H3,(H,23,24,25)/b11-6+,22-7-. The quantitative estimate of drug-likeness (QED) is 0.599. The molecule has 1 saturated carbocycles. The van der Waals surface area contributed by atoms with Crippen molar-refractivity contribution in [2.45, 2.75) is 26.3 Å². The molecule has 3 heterocycles. The summed E-state index contributed by atoms with van der Waals surface area (Å²) in [7, 11) is 1.66. The summed E-state index contributed by atoms with van der Waals surface area (Å²) in [5, 5.41) is 1.06. The van der Waals surface area contributed by atoms with Crippen LogP contribution in [0.2, 0.25) is 0 Å². The Morgan fingerprint density at radius 1 is 1.41 bits per heavy atom. The highest BCUT2D eigenvalue weighted by Gasteiger charge is 2.54. The Kier molecular flexibility index (Phi) is 4.43. The van der Waals surface area contributed by atoms with Crippen molar-refractivity contribution in [3.8, 4) is 6.01 Å². The molecule has 0 amide bonds. The molecule has 1 aliphatic carbocycles. The van der Waals surface area contributed by atoms with Gasteiger partial charge in [0.05, 0.1) is 17.8 Å². The molecule has 1 saturated heterocycles. The Morgan fingerprint density at radius 2 is 2.15 bits per heavy atom. The molecule has 142 valence electrons. The summed E-state index contributed by atoms with van der Waals surface area (Å²) in [5.41, 5.74) is 9.26. The lowest BCUT2D eigenvalue weighted by Crippen LogP contribution is -2.29. The van der Waals surface area contributed by atoms with Crippen molar-refractivity contribution in [1.82, 2.24) is 15.0 Å². The first-order chi connectivity index (χ1) is 13.1. The summed E-state index contributed by atoms with van der Waals surface area (Å²) >= 11 is 0. The summed E-state index contributed by atoms with van der Waals surface area (Å²) in [6.07, 6.45) is 3.95. The van der Waals surface area contributed by atoms with Crippen molar-refractivity contribution in [3.05, 3.63) is 23.2 Å². The van der Waals surface area contributed by atoms with Crippen LogP contribution in [0.4, 0.5) is 5.82 Å². The molecule has 1 aliphatic heterocycles. The first-order valence-electron chi connectivity index (χ1n) is 9.23. The SMILES string of the molecule is C=N/C=C(\C=N/C)Oc1nc(N2CC3C(N)C3C2)c2c(C)c(CC)[nH]c2n1. The molecule has 0 spiro atoms. The fourth-order valence-corrected chi connectivity index (χ4v) is 4.03. The lowest BCUT2D eigenvalue weighted by atomic mass is 10.1. The number of aromatic nitrogens is 3. The molecule has 0 radical (unpaired) electrons. The first-order valence-corrected chi connectivity index (χ1v) is 9.23. The summed E-state index contributed by atoms with van der Waals surface area (Å²) in [5.74, 6) is 2.47. The van der Waals surface area contributed by atoms with Crippen LogP contribution in [-0.4, -0.2) is 54.1 Å². The number of allylic oxidation sites excluding steroid dienone is 1. The second-order valence-corrected chi connectivity index (χ2v) is 7.15. The number of nitrogens with two attached hydrogens (primary N) is 1. The molecule has 8 heteroatoms. The van der Waals surface area contributed by atoms with Crippen LogP contribution in [0.25, 0.3) is 11.0 Å². The highest BCUT2D eigenvalue weighted by Crippen LogP contribution is 2.46. The molecule has 2 fully saturated rings. The van der Waals surface area contributed by atoms with Crippen molar-refractivity contribution >= 4 is 29.8 Å². The number of nitrogens with zero attached hydrogens (tertiary/aromatic N) is 5. The van der Waals surface area contributed by atoms with Crippen LogP contribution >= 0.6 is 0 Å². The minimum absolute atomic E-state index is 0.265. The Balaban J connectivity index is 1.77. The molecule has 2 aliphatic rings. The van der Waals surface area contributed by atoms with Gasteiger partial charge in [-0.3, -0.25) is 9.98 Å². The zero-order valence-corrected chi connectivity index (χ0v) is 15.9. The minimum Gasteiger partial charge on any atom is -0.421 e. The number of fused-ring (bicyclic) bond motifs is 2. The number of H-pyrrole nitrogens is 1. The Hall–Kier alpha value is -2.74. The van der Waals surface area contributed by atoms with Crippen LogP contribution in [0.1, 0.15) is 18.2 Å². The minimum atomic E-state index is 0.265. The maximum absolute atomic E-state index is 6.11. The number of piperidine rings is 1. The van der Waals surface area contributed by atoms with E-state index in [0.29, 0.717) is 23.6 Å². The summed E-state index contributed by atoms with van der Waals surface area (Å²) < 4.78 is 5.83. The van der Waals surface area contributed by atoms with Gasteiger partial charge in [-0.25, -0.2) is 0 Å². The van der Waals surface area contributed by atoms with Gasteiger partial charge in [-0.1, -0.05) is 6.92 Å². The average Bonchev–Trinajstić information content (AvgIpc) is 3.01. The second kappa shape index (κ2) is 6.77. The lowest BCUT2D eigenvalue weighted by molar-refractivity contribution is 0.419. The van der Waals surface area contributed by atoms with Crippen molar-refractivity contribution in [2.24, 2.45) is 27.6 Å². The topological polar surface area (TPSA) is 105 Å². The highest BCUT2D eigenvalue weighted by atomic mass is 16.5. The van der Waals surface area contributed by atoms with Gasteiger partial charge in [0.15, 0.2) is 5.76 Å². The van der Waals surface area contributed by atoms with Crippen molar-refractivity contribution < 1.29 is 4.74 Å². The Bertz CT molecular complexity index is 933. The van der Waals surface area contributed by atoms with E-state index >= 15 is 0 Å². The van der Waals surface area contributed by atoms with Crippen LogP contribution in [0.5, 0.6) is 6.01 Å². The zero-order chi connectivity index (χ0) is 19.1. The van der Waals surface area contributed by atoms with E-state index in [9.17, 15) is 0 Å². The fraction of sp³-hybridized carbons (Fsp3) is 0.474. The highest BCUT2D eigenvalue weighted by molar-refractivity contribution is 5.92. The predicted octanol–water partition coefficient (Wildman–Crippen LogP) is 1.84. The maximum atomic E-state index is 6.11. The van der Waals surface area contributed by atoms with Gasteiger partial charge in [0.1, 0.15) is 11.5 Å². The first kappa shape index (κ1) is 17.7. The van der Waals surface area contributed by atoms with Crippen LogP contribution < -0.4 is 15.4 Å². The normalized spacial score (nSPS) is 24.7. The number of aliphatic imine (C=N–C) groups is 2. The Labute approximate surface area is 158 Å². The predicted molar refractivity (Wildman–Crippen MR) is 108 cm³/mol.